The zero-order chi connectivity index (χ0) is 11.8. The summed E-state index contributed by atoms with van der Waals surface area (Å²) in [5.41, 5.74) is 0.911. The molecule has 3 heterocycles. The van der Waals surface area contributed by atoms with Crippen LogP contribution in [0.15, 0.2) is 22.8 Å². The van der Waals surface area contributed by atoms with E-state index in [0.717, 1.165) is 28.9 Å². The molecule has 1 saturated heterocycles. The van der Waals surface area contributed by atoms with Gasteiger partial charge in [0, 0.05) is 10.7 Å². The van der Waals surface area contributed by atoms with Crippen molar-refractivity contribution in [2.45, 2.75) is 25.3 Å². The van der Waals surface area contributed by atoms with E-state index in [1.54, 1.807) is 0 Å². The Balaban J connectivity index is 1.99. The minimum atomic E-state index is 0.377. The van der Waals surface area contributed by atoms with Crippen LogP contribution in [0.3, 0.4) is 0 Å². The van der Waals surface area contributed by atoms with Gasteiger partial charge in [-0.3, -0.25) is 4.90 Å². The van der Waals surface area contributed by atoms with Crippen molar-refractivity contribution >= 4 is 21.6 Å². The van der Waals surface area contributed by atoms with E-state index in [2.05, 4.69) is 38.0 Å². The predicted octanol–water partition coefficient (Wildman–Crippen LogP) is 2.65. The van der Waals surface area contributed by atoms with Crippen molar-refractivity contribution in [3.8, 4) is 0 Å². The first-order valence-corrected chi connectivity index (χ1v) is 6.75. The highest BCUT2D eigenvalue weighted by atomic mass is 79.9. The molecule has 4 nitrogen and oxygen atoms in total. The Morgan fingerprint density at radius 1 is 1.41 bits per heavy atom. The van der Waals surface area contributed by atoms with Gasteiger partial charge in [-0.2, -0.15) is 0 Å². The predicted molar refractivity (Wildman–Crippen MR) is 69.9 cm³/mol. The third-order valence-corrected chi connectivity index (χ3v) is 3.88. The van der Waals surface area contributed by atoms with Crippen molar-refractivity contribution < 1.29 is 0 Å². The highest BCUT2D eigenvalue weighted by molar-refractivity contribution is 9.10. The minimum Gasteiger partial charge on any atom is -0.296 e. The van der Waals surface area contributed by atoms with Crippen molar-refractivity contribution in [2.24, 2.45) is 0 Å². The van der Waals surface area contributed by atoms with Crippen LogP contribution in [0.2, 0.25) is 0 Å². The molecule has 90 valence electrons. The molecule has 1 aliphatic heterocycles. The molecule has 17 heavy (non-hydrogen) atoms. The molecule has 0 spiro atoms. The van der Waals surface area contributed by atoms with Gasteiger partial charge in [-0.15, -0.1) is 5.10 Å². The molecular weight excluding hydrogens is 280 g/mol. The van der Waals surface area contributed by atoms with Gasteiger partial charge in [-0.1, -0.05) is 22.4 Å². The third-order valence-electron chi connectivity index (χ3n) is 3.38. The lowest BCUT2D eigenvalue weighted by Crippen LogP contribution is -2.30. The number of hydrogen-bond acceptors (Lipinski definition) is 3. The topological polar surface area (TPSA) is 33.4 Å². The molecule has 2 aromatic heterocycles. The second-order valence-electron chi connectivity index (χ2n) is 4.61. The van der Waals surface area contributed by atoms with Gasteiger partial charge < -0.3 is 0 Å². The lowest BCUT2D eigenvalue weighted by Gasteiger charge is -2.30. The Bertz CT molecular complexity index is 536. The number of nitrogens with zero attached hydrogens (tertiary/aromatic N) is 4. The fraction of sp³-hybridized carbons (Fsp3) is 0.500. The number of piperidine rings is 1. The molecule has 0 amide bonds. The molecule has 0 N–H and O–H groups in total. The van der Waals surface area contributed by atoms with Crippen molar-refractivity contribution in [1.82, 2.24) is 19.5 Å². The van der Waals surface area contributed by atoms with Crippen LogP contribution >= 0.6 is 15.9 Å². The van der Waals surface area contributed by atoms with Gasteiger partial charge in [0.1, 0.15) is 0 Å². The average molecular weight is 295 g/mol. The fourth-order valence-electron chi connectivity index (χ4n) is 2.42. The number of hydrogen-bond donors (Lipinski definition) is 0. The Morgan fingerprint density at radius 2 is 2.29 bits per heavy atom. The Morgan fingerprint density at radius 3 is 3.12 bits per heavy atom. The molecule has 2 aromatic rings. The first-order valence-electron chi connectivity index (χ1n) is 5.96. The lowest BCUT2D eigenvalue weighted by atomic mass is 10.0. The number of pyridine rings is 1. The maximum Gasteiger partial charge on any atom is 0.168 e. The van der Waals surface area contributed by atoms with Gasteiger partial charge in [-0.25, -0.2) is 9.50 Å². The van der Waals surface area contributed by atoms with Crippen LogP contribution in [0, 0.1) is 0 Å². The molecule has 0 aromatic carbocycles. The monoisotopic (exact) mass is 294 g/mol. The van der Waals surface area contributed by atoms with Crippen molar-refractivity contribution in [2.75, 3.05) is 13.6 Å². The van der Waals surface area contributed by atoms with Crippen LogP contribution in [-0.2, 0) is 0 Å². The van der Waals surface area contributed by atoms with Crippen molar-refractivity contribution in [3.05, 3.63) is 28.6 Å². The summed E-state index contributed by atoms with van der Waals surface area (Å²) in [6.07, 6.45) is 5.66. The maximum atomic E-state index is 4.63. The molecule has 0 saturated carbocycles. The highest BCUT2D eigenvalue weighted by Gasteiger charge is 2.24. The molecule has 1 atom stereocenters. The van der Waals surface area contributed by atoms with Crippen LogP contribution in [0.1, 0.15) is 31.1 Å². The Labute approximate surface area is 109 Å². The molecule has 0 aliphatic carbocycles. The number of likely N-dealkylation sites (tertiary alicyclic amines) is 1. The summed E-state index contributed by atoms with van der Waals surface area (Å²) in [5.74, 6) is 0.949. The standard InChI is InChI=1S/C12H15BrN4/c1-16-6-3-2-4-10(16)12-14-11-8-9(13)5-7-17(11)15-12/h5,7-8,10H,2-4,6H2,1H3. The summed E-state index contributed by atoms with van der Waals surface area (Å²) < 4.78 is 2.89. The van der Waals surface area contributed by atoms with Crippen LogP contribution in [-0.4, -0.2) is 33.1 Å². The van der Waals surface area contributed by atoms with Gasteiger partial charge in [0.2, 0.25) is 0 Å². The molecule has 1 aliphatic rings. The first kappa shape index (κ1) is 11.2. The maximum absolute atomic E-state index is 4.63. The Hall–Kier alpha value is -0.940. The zero-order valence-corrected chi connectivity index (χ0v) is 11.4. The van der Waals surface area contributed by atoms with E-state index in [4.69, 9.17) is 0 Å². The minimum absolute atomic E-state index is 0.377. The largest absolute Gasteiger partial charge is 0.296 e. The van der Waals surface area contributed by atoms with Gasteiger partial charge >= 0.3 is 0 Å². The molecule has 1 unspecified atom stereocenters. The average Bonchev–Trinajstić information content (AvgIpc) is 2.72. The number of aromatic nitrogens is 3. The van der Waals surface area contributed by atoms with E-state index < -0.39 is 0 Å². The number of halogens is 1. The third kappa shape index (κ3) is 2.09. The van der Waals surface area contributed by atoms with E-state index >= 15 is 0 Å². The van der Waals surface area contributed by atoms with E-state index in [1.807, 2.05) is 22.8 Å². The van der Waals surface area contributed by atoms with Gasteiger partial charge in [-0.05, 0) is 38.6 Å². The van der Waals surface area contributed by atoms with E-state index in [-0.39, 0.29) is 0 Å². The van der Waals surface area contributed by atoms with E-state index in [9.17, 15) is 0 Å². The van der Waals surface area contributed by atoms with E-state index in [0.29, 0.717) is 6.04 Å². The summed E-state index contributed by atoms with van der Waals surface area (Å²) in [5, 5.41) is 4.57. The van der Waals surface area contributed by atoms with Crippen LogP contribution < -0.4 is 0 Å². The highest BCUT2D eigenvalue weighted by Crippen LogP contribution is 2.27. The number of rotatable bonds is 1. The van der Waals surface area contributed by atoms with Crippen molar-refractivity contribution in [1.29, 1.82) is 0 Å². The number of fused-ring (bicyclic) bond motifs is 1. The van der Waals surface area contributed by atoms with Crippen LogP contribution in [0.5, 0.6) is 0 Å². The van der Waals surface area contributed by atoms with Gasteiger partial charge in [0.15, 0.2) is 11.5 Å². The summed E-state index contributed by atoms with van der Waals surface area (Å²) >= 11 is 3.46. The molecular formula is C12H15BrN4. The molecule has 3 rings (SSSR count). The Kier molecular flexibility index (Phi) is 2.88. The quantitative estimate of drug-likeness (QED) is 0.811. The summed E-state index contributed by atoms with van der Waals surface area (Å²) in [6.45, 7) is 1.14. The smallest absolute Gasteiger partial charge is 0.168 e. The van der Waals surface area contributed by atoms with Crippen molar-refractivity contribution in [3.63, 3.8) is 0 Å². The summed E-state index contributed by atoms with van der Waals surface area (Å²) in [6, 6.07) is 4.36. The van der Waals surface area contributed by atoms with Crippen LogP contribution in [0.25, 0.3) is 5.65 Å². The molecule has 5 heteroatoms. The normalized spacial score (nSPS) is 22.1. The second-order valence-corrected chi connectivity index (χ2v) is 5.53. The molecule has 0 bridgehead atoms. The second kappa shape index (κ2) is 4.38. The lowest BCUT2D eigenvalue weighted by molar-refractivity contribution is 0.179. The van der Waals surface area contributed by atoms with Gasteiger partial charge in [0.25, 0.3) is 0 Å². The fourth-order valence-corrected chi connectivity index (χ4v) is 2.74. The first-order chi connectivity index (χ1) is 8.24. The summed E-state index contributed by atoms with van der Waals surface area (Å²) in [4.78, 5) is 6.98. The molecule has 0 radical (unpaired) electrons. The van der Waals surface area contributed by atoms with E-state index in [1.165, 1.54) is 12.8 Å². The SMILES string of the molecule is CN1CCCCC1c1nc2cc(Br)ccn2n1. The summed E-state index contributed by atoms with van der Waals surface area (Å²) in [7, 11) is 2.16. The van der Waals surface area contributed by atoms with Gasteiger partial charge in [0.05, 0.1) is 6.04 Å². The molecule has 1 fully saturated rings. The zero-order valence-electron chi connectivity index (χ0n) is 9.80. The van der Waals surface area contributed by atoms with Crippen LogP contribution in [0.4, 0.5) is 0 Å².